The smallest absolute Gasteiger partial charge is 0.323 e. The number of hydrogen-bond donors (Lipinski definition) is 0. The van der Waals surface area contributed by atoms with Gasteiger partial charge in [-0.2, -0.15) is 0 Å². The Kier molecular flexibility index (Phi) is 6.46. The number of hydrogen-bond acceptors (Lipinski definition) is 5. The lowest BCUT2D eigenvalue weighted by Crippen LogP contribution is -2.46. The van der Waals surface area contributed by atoms with E-state index >= 15 is 0 Å². The van der Waals surface area contributed by atoms with Crippen molar-refractivity contribution in [1.82, 2.24) is 0 Å². The Morgan fingerprint density at radius 1 is 0.818 bits per heavy atom. The normalized spacial score (nSPS) is 16.1. The van der Waals surface area contributed by atoms with Crippen LogP contribution >= 0.6 is 0 Å². The molecule has 1 heterocycles. The molecule has 1 fully saturated rings. The summed E-state index contributed by atoms with van der Waals surface area (Å²) in [5.74, 6) is 3.93. The second kappa shape index (κ2) is 9.62. The van der Waals surface area contributed by atoms with Crippen molar-refractivity contribution < 1.29 is 23.8 Å². The molecule has 5 heteroatoms. The van der Waals surface area contributed by atoms with Gasteiger partial charge < -0.3 is 14.2 Å². The third kappa shape index (κ3) is 5.81. The van der Waals surface area contributed by atoms with Gasteiger partial charge in [-0.25, -0.2) is 0 Å². The average Bonchev–Trinajstić information content (AvgIpc) is 2.79. The van der Waals surface area contributed by atoms with Crippen molar-refractivity contribution in [3.8, 4) is 23.3 Å². The highest BCUT2D eigenvalue weighted by atomic mass is 16.7. The second-order valence-electron chi connectivity index (χ2n) is 8.20. The molecule has 3 aromatic rings. The molecule has 1 atom stereocenters. The Morgan fingerprint density at radius 3 is 1.97 bits per heavy atom. The highest BCUT2D eigenvalue weighted by Crippen LogP contribution is 2.32. The molecule has 33 heavy (non-hydrogen) atoms. The summed E-state index contributed by atoms with van der Waals surface area (Å²) >= 11 is 0. The maximum Gasteiger partial charge on any atom is 0.323 e. The predicted octanol–water partition coefficient (Wildman–Crippen LogP) is 5.46. The SMILES string of the molecule is CC1(C)OC(=O)C(CC(C#Cc2ccccc2)c2ccc(Oc3ccccc3)cc2)C(=O)O1. The minimum Gasteiger partial charge on any atom is -0.457 e. The van der Waals surface area contributed by atoms with Crippen LogP contribution in [0.5, 0.6) is 11.5 Å². The molecule has 1 unspecified atom stereocenters. The highest BCUT2D eigenvalue weighted by molar-refractivity contribution is 5.96. The van der Waals surface area contributed by atoms with Crippen LogP contribution in [0.3, 0.4) is 0 Å². The summed E-state index contributed by atoms with van der Waals surface area (Å²) in [5.41, 5.74) is 1.71. The first-order valence-electron chi connectivity index (χ1n) is 10.7. The molecule has 0 saturated carbocycles. The number of carbonyl (C=O) groups excluding carboxylic acids is 2. The fraction of sp³-hybridized carbons (Fsp3) is 0.214. The van der Waals surface area contributed by atoms with Crippen molar-refractivity contribution in [3.63, 3.8) is 0 Å². The number of esters is 2. The Bertz CT molecular complexity index is 1150. The first-order valence-corrected chi connectivity index (χ1v) is 10.7. The summed E-state index contributed by atoms with van der Waals surface area (Å²) in [6.07, 6.45) is 0.159. The summed E-state index contributed by atoms with van der Waals surface area (Å²) in [4.78, 5) is 25.1. The molecule has 4 rings (SSSR count). The molecular formula is C28H24O5. The minimum atomic E-state index is -1.26. The van der Waals surface area contributed by atoms with Crippen LogP contribution in [0.15, 0.2) is 84.9 Å². The van der Waals surface area contributed by atoms with Crippen LogP contribution in [0.25, 0.3) is 0 Å². The van der Waals surface area contributed by atoms with Crippen molar-refractivity contribution >= 4 is 11.9 Å². The maximum atomic E-state index is 12.5. The zero-order valence-electron chi connectivity index (χ0n) is 18.5. The number of cyclic esters (lactones) is 2. The van der Waals surface area contributed by atoms with Gasteiger partial charge in [0.05, 0.1) is 0 Å². The molecule has 1 aliphatic heterocycles. The lowest BCUT2D eigenvalue weighted by Gasteiger charge is -2.33. The number of ether oxygens (including phenoxy) is 3. The number of benzene rings is 3. The highest BCUT2D eigenvalue weighted by Gasteiger charge is 2.44. The van der Waals surface area contributed by atoms with Crippen molar-refractivity contribution in [2.24, 2.45) is 5.92 Å². The fourth-order valence-corrected chi connectivity index (χ4v) is 3.54. The van der Waals surface area contributed by atoms with E-state index in [4.69, 9.17) is 14.2 Å². The zero-order valence-corrected chi connectivity index (χ0v) is 18.5. The van der Waals surface area contributed by atoms with Gasteiger partial charge in [-0.1, -0.05) is 60.4 Å². The summed E-state index contributed by atoms with van der Waals surface area (Å²) in [7, 11) is 0. The number of rotatable bonds is 5. The van der Waals surface area contributed by atoms with Gasteiger partial charge in [-0.15, -0.1) is 0 Å². The molecule has 0 aliphatic carbocycles. The van der Waals surface area contributed by atoms with Crippen LogP contribution in [0.4, 0.5) is 0 Å². The zero-order chi connectivity index (χ0) is 23.3. The Balaban J connectivity index is 1.58. The predicted molar refractivity (Wildman–Crippen MR) is 123 cm³/mol. The third-order valence-electron chi connectivity index (χ3n) is 5.16. The Labute approximate surface area is 193 Å². The lowest BCUT2D eigenvalue weighted by atomic mass is 9.88. The van der Waals surface area contributed by atoms with Crippen LogP contribution in [-0.2, 0) is 19.1 Å². The van der Waals surface area contributed by atoms with Crippen LogP contribution in [-0.4, -0.2) is 17.7 Å². The van der Waals surface area contributed by atoms with Crippen LogP contribution in [0.1, 0.15) is 37.3 Å². The molecule has 0 spiro atoms. The van der Waals surface area contributed by atoms with Gasteiger partial charge in [0.15, 0.2) is 5.92 Å². The maximum absolute atomic E-state index is 12.5. The first kappa shape index (κ1) is 22.2. The van der Waals surface area contributed by atoms with Gasteiger partial charge in [0, 0.05) is 25.3 Å². The van der Waals surface area contributed by atoms with Gasteiger partial charge in [-0.05, 0) is 48.4 Å². The largest absolute Gasteiger partial charge is 0.457 e. The van der Waals surface area contributed by atoms with Gasteiger partial charge in [0.25, 0.3) is 5.79 Å². The molecule has 166 valence electrons. The lowest BCUT2D eigenvalue weighted by molar-refractivity contribution is -0.240. The first-order chi connectivity index (χ1) is 15.9. The van der Waals surface area contributed by atoms with E-state index in [2.05, 4.69) is 11.8 Å². The molecule has 0 radical (unpaired) electrons. The molecule has 0 N–H and O–H groups in total. The third-order valence-corrected chi connectivity index (χ3v) is 5.16. The molecule has 3 aromatic carbocycles. The van der Waals surface area contributed by atoms with E-state index in [1.165, 1.54) is 13.8 Å². The van der Waals surface area contributed by atoms with Crippen molar-refractivity contribution in [2.45, 2.75) is 32.0 Å². The summed E-state index contributed by atoms with van der Waals surface area (Å²) in [6.45, 7) is 3.08. The molecule has 0 bridgehead atoms. The van der Waals surface area contributed by atoms with Crippen LogP contribution in [0, 0.1) is 17.8 Å². The van der Waals surface area contributed by atoms with Gasteiger partial charge in [0.1, 0.15) is 11.5 Å². The number of para-hydroxylation sites is 1. The fourth-order valence-electron chi connectivity index (χ4n) is 3.54. The van der Waals surface area contributed by atoms with Crippen molar-refractivity contribution in [1.29, 1.82) is 0 Å². The van der Waals surface area contributed by atoms with E-state index in [9.17, 15) is 9.59 Å². The monoisotopic (exact) mass is 440 g/mol. The molecular weight excluding hydrogens is 416 g/mol. The van der Waals surface area contributed by atoms with E-state index in [0.29, 0.717) is 5.75 Å². The quantitative estimate of drug-likeness (QED) is 0.300. The van der Waals surface area contributed by atoms with Crippen molar-refractivity contribution in [3.05, 3.63) is 96.1 Å². The number of carbonyl (C=O) groups is 2. The molecule has 1 saturated heterocycles. The van der Waals surface area contributed by atoms with Crippen molar-refractivity contribution in [2.75, 3.05) is 0 Å². The van der Waals surface area contributed by atoms with E-state index in [0.717, 1.165) is 16.9 Å². The van der Waals surface area contributed by atoms with E-state index in [-0.39, 0.29) is 12.3 Å². The van der Waals surface area contributed by atoms with Crippen LogP contribution in [0.2, 0.25) is 0 Å². The van der Waals surface area contributed by atoms with E-state index < -0.39 is 23.6 Å². The van der Waals surface area contributed by atoms with Gasteiger partial charge in [0.2, 0.25) is 0 Å². The van der Waals surface area contributed by atoms with E-state index in [1.807, 2.05) is 84.9 Å². The summed E-state index contributed by atoms with van der Waals surface area (Å²) in [6, 6.07) is 26.5. The Hall–Kier alpha value is -4.04. The van der Waals surface area contributed by atoms with E-state index in [1.54, 1.807) is 0 Å². The van der Waals surface area contributed by atoms with Crippen LogP contribution < -0.4 is 4.74 Å². The second-order valence-corrected chi connectivity index (χ2v) is 8.20. The Morgan fingerprint density at radius 2 is 1.36 bits per heavy atom. The molecule has 0 amide bonds. The summed E-state index contributed by atoms with van der Waals surface area (Å²) in [5, 5.41) is 0. The standard InChI is InChI=1S/C28H24O5/c1-28(2)32-26(29)25(27(30)33-28)19-22(14-13-20-9-5-3-6-10-20)21-15-17-24(18-16-21)31-23-11-7-4-8-12-23/h3-12,15-18,22,25H,19H2,1-2H3. The molecule has 5 nitrogen and oxygen atoms in total. The minimum absolute atomic E-state index is 0.159. The van der Waals surface area contributed by atoms with Gasteiger partial charge >= 0.3 is 11.9 Å². The van der Waals surface area contributed by atoms with Gasteiger partial charge in [-0.3, -0.25) is 9.59 Å². The molecule has 0 aromatic heterocycles. The average molecular weight is 440 g/mol. The summed E-state index contributed by atoms with van der Waals surface area (Å²) < 4.78 is 16.4. The molecule has 1 aliphatic rings. The topological polar surface area (TPSA) is 61.8 Å².